The predicted octanol–water partition coefficient (Wildman–Crippen LogP) is 1.06. The monoisotopic (exact) mass is 249 g/mol. The van der Waals surface area contributed by atoms with Crippen molar-refractivity contribution in [1.29, 1.82) is 5.26 Å². The third-order valence-electron chi connectivity index (χ3n) is 2.89. The van der Waals surface area contributed by atoms with Gasteiger partial charge >= 0.3 is 0 Å². The minimum Gasteiger partial charge on any atom is -0.316 e. The number of aromatic nitrogens is 1. The quantitative estimate of drug-likeness (QED) is 0.870. The molecule has 4 nitrogen and oxygen atoms in total. The number of nitriles is 1. The van der Waals surface area contributed by atoms with Crippen LogP contribution in [0.3, 0.4) is 0 Å². The van der Waals surface area contributed by atoms with Crippen LogP contribution in [0.2, 0.25) is 0 Å². The molecule has 1 aromatic rings. The maximum atomic E-state index is 12.2. The molecule has 0 unspecified atom stereocenters. The second-order valence-corrected chi connectivity index (χ2v) is 5.60. The fraction of sp³-hybridized carbons (Fsp3) is 0.500. The molecule has 17 heavy (non-hydrogen) atoms. The lowest BCUT2D eigenvalue weighted by Crippen LogP contribution is -2.32. The van der Waals surface area contributed by atoms with E-state index < -0.39 is 10.8 Å². The molecule has 2 atom stereocenters. The standard InChI is InChI=1S/C12H15N3OS/c13-7-11-4-2-6-15-12(11)17(16)9-10-3-1-5-14-8-10/h2,4,6,10,14H,1,3,5,8-9H2/t10-,17+/m1/s1. The maximum Gasteiger partial charge on any atom is 0.144 e. The van der Waals surface area contributed by atoms with E-state index in [-0.39, 0.29) is 0 Å². The van der Waals surface area contributed by atoms with Crippen molar-refractivity contribution >= 4 is 10.8 Å². The van der Waals surface area contributed by atoms with E-state index in [9.17, 15) is 4.21 Å². The lowest BCUT2D eigenvalue weighted by Gasteiger charge is -2.21. The Morgan fingerprint density at radius 1 is 1.65 bits per heavy atom. The molecule has 0 saturated carbocycles. The molecule has 1 N–H and O–H groups in total. The minimum absolute atomic E-state index is 0.426. The van der Waals surface area contributed by atoms with Gasteiger partial charge in [0.1, 0.15) is 11.1 Å². The van der Waals surface area contributed by atoms with Crippen LogP contribution in [-0.2, 0) is 10.8 Å². The van der Waals surface area contributed by atoms with Gasteiger partial charge in [-0.3, -0.25) is 4.21 Å². The lowest BCUT2D eigenvalue weighted by molar-refractivity contribution is 0.408. The van der Waals surface area contributed by atoms with Gasteiger partial charge in [0.15, 0.2) is 0 Å². The highest BCUT2D eigenvalue weighted by atomic mass is 32.2. The molecular weight excluding hydrogens is 234 g/mol. The van der Waals surface area contributed by atoms with E-state index in [1.165, 1.54) is 0 Å². The zero-order valence-corrected chi connectivity index (χ0v) is 10.4. The number of rotatable bonds is 3. The first-order valence-corrected chi connectivity index (χ1v) is 7.07. The number of nitrogens with one attached hydrogen (secondary N) is 1. The molecule has 1 fully saturated rings. The summed E-state index contributed by atoms with van der Waals surface area (Å²) in [6.07, 6.45) is 3.83. The smallest absolute Gasteiger partial charge is 0.144 e. The molecule has 5 heteroatoms. The molecule has 1 aliphatic heterocycles. The van der Waals surface area contributed by atoms with Crippen molar-refractivity contribution < 1.29 is 4.21 Å². The highest BCUT2D eigenvalue weighted by Crippen LogP contribution is 2.16. The van der Waals surface area contributed by atoms with Gasteiger partial charge in [-0.1, -0.05) is 0 Å². The number of piperidine rings is 1. The number of nitrogens with zero attached hydrogens (tertiary/aromatic N) is 2. The van der Waals surface area contributed by atoms with Crippen LogP contribution < -0.4 is 5.32 Å². The van der Waals surface area contributed by atoms with Crippen LogP contribution in [0, 0.1) is 17.2 Å². The number of hydrogen-bond donors (Lipinski definition) is 1. The Morgan fingerprint density at radius 2 is 2.53 bits per heavy atom. The first-order chi connectivity index (χ1) is 8.31. The van der Waals surface area contributed by atoms with Crippen LogP contribution in [0.1, 0.15) is 18.4 Å². The average Bonchev–Trinajstić information content (AvgIpc) is 2.40. The van der Waals surface area contributed by atoms with Crippen LogP contribution >= 0.6 is 0 Å². The number of hydrogen-bond acceptors (Lipinski definition) is 4. The summed E-state index contributed by atoms with van der Waals surface area (Å²) in [5.74, 6) is 1.02. The Kier molecular flexibility index (Phi) is 4.24. The molecule has 1 aromatic heterocycles. The zero-order valence-electron chi connectivity index (χ0n) is 9.56. The van der Waals surface area contributed by atoms with Crippen LogP contribution in [0.25, 0.3) is 0 Å². The Balaban J connectivity index is 2.06. The normalized spacial score (nSPS) is 21.7. The van der Waals surface area contributed by atoms with Gasteiger partial charge < -0.3 is 5.32 Å². The third-order valence-corrected chi connectivity index (χ3v) is 4.42. The van der Waals surface area contributed by atoms with Crippen molar-refractivity contribution in [2.45, 2.75) is 17.9 Å². The molecule has 2 rings (SSSR count). The van der Waals surface area contributed by atoms with E-state index in [0.29, 0.717) is 22.3 Å². The summed E-state index contributed by atoms with van der Waals surface area (Å²) in [4.78, 5) is 4.07. The van der Waals surface area contributed by atoms with Crippen molar-refractivity contribution in [3.63, 3.8) is 0 Å². The summed E-state index contributed by atoms with van der Waals surface area (Å²) in [5.41, 5.74) is 0.426. The van der Waals surface area contributed by atoms with Gasteiger partial charge in [-0.2, -0.15) is 5.26 Å². The molecule has 0 aliphatic carbocycles. The SMILES string of the molecule is N#Cc1cccnc1[S@@](=O)C[C@@H]1CCCNC1. The molecule has 0 bridgehead atoms. The van der Waals surface area contributed by atoms with Gasteiger partial charge in [0, 0.05) is 11.9 Å². The van der Waals surface area contributed by atoms with Crippen molar-refractivity contribution in [1.82, 2.24) is 10.3 Å². The van der Waals surface area contributed by atoms with Crippen LogP contribution in [0.4, 0.5) is 0 Å². The van der Waals surface area contributed by atoms with Gasteiger partial charge in [-0.25, -0.2) is 4.98 Å². The van der Waals surface area contributed by atoms with Crippen molar-refractivity contribution in [3.05, 3.63) is 23.9 Å². The predicted molar refractivity (Wildman–Crippen MR) is 65.8 cm³/mol. The molecule has 0 amide bonds. The topological polar surface area (TPSA) is 65.8 Å². The first kappa shape index (κ1) is 12.2. The Hall–Kier alpha value is -1.25. The molecule has 1 aliphatic rings. The summed E-state index contributed by atoms with van der Waals surface area (Å²) in [6.45, 7) is 1.97. The molecule has 0 radical (unpaired) electrons. The molecule has 0 spiro atoms. The molecule has 90 valence electrons. The van der Waals surface area contributed by atoms with E-state index in [0.717, 1.165) is 25.9 Å². The van der Waals surface area contributed by atoms with Crippen molar-refractivity contribution in [2.75, 3.05) is 18.8 Å². The Labute approximate surface area is 104 Å². The lowest BCUT2D eigenvalue weighted by atomic mass is 10.0. The van der Waals surface area contributed by atoms with E-state index in [4.69, 9.17) is 5.26 Å². The Bertz CT molecular complexity index is 449. The van der Waals surface area contributed by atoms with Crippen molar-refractivity contribution in [2.24, 2.45) is 5.92 Å². The second kappa shape index (κ2) is 5.89. The van der Waals surface area contributed by atoms with Gasteiger partial charge in [0.25, 0.3) is 0 Å². The fourth-order valence-electron chi connectivity index (χ4n) is 2.02. The van der Waals surface area contributed by atoms with Crippen LogP contribution in [0.15, 0.2) is 23.4 Å². The second-order valence-electron chi connectivity index (χ2n) is 4.19. The van der Waals surface area contributed by atoms with E-state index in [1.54, 1.807) is 18.3 Å². The first-order valence-electron chi connectivity index (χ1n) is 5.75. The third kappa shape index (κ3) is 3.11. The summed E-state index contributed by atoms with van der Waals surface area (Å²) in [6, 6.07) is 5.40. The molecular formula is C12H15N3OS. The summed E-state index contributed by atoms with van der Waals surface area (Å²) in [7, 11) is -1.17. The molecule has 1 saturated heterocycles. The summed E-state index contributed by atoms with van der Waals surface area (Å²) < 4.78 is 12.2. The largest absolute Gasteiger partial charge is 0.316 e. The van der Waals surface area contributed by atoms with E-state index in [1.807, 2.05) is 6.07 Å². The highest BCUT2D eigenvalue weighted by Gasteiger charge is 2.19. The Morgan fingerprint density at radius 3 is 3.24 bits per heavy atom. The van der Waals surface area contributed by atoms with Crippen molar-refractivity contribution in [3.8, 4) is 6.07 Å². The minimum atomic E-state index is -1.17. The van der Waals surface area contributed by atoms with E-state index in [2.05, 4.69) is 10.3 Å². The summed E-state index contributed by atoms with van der Waals surface area (Å²) >= 11 is 0. The van der Waals surface area contributed by atoms with Gasteiger partial charge in [-0.05, 0) is 44.0 Å². The van der Waals surface area contributed by atoms with Gasteiger partial charge in [0.05, 0.1) is 16.4 Å². The fourth-order valence-corrected chi connectivity index (χ4v) is 3.42. The zero-order chi connectivity index (χ0) is 12.1. The van der Waals surface area contributed by atoms with Gasteiger partial charge in [-0.15, -0.1) is 0 Å². The average molecular weight is 249 g/mol. The molecule has 2 heterocycles. The van der Waals surface area contributed by atoms with Crippen LogP contribution in [0.5, 0.6) is 0 Å². The maximum absolute atomic E-state index is 12.2. The van der Waals surface area contributed by atoms with Crippen LogP contribution in [-0.4, -0.2) is 28.0 Å². The van der Waals surface area contributed by atoms with E-state index >= 15 is 0 Å². The summed E-state index contributed by atoms with van der Waals surface area (Å²) in [5, 5.41) is 12.7. The van der Waals surface area contributed by atoms with Gasteiger partial charge in [0.2, 0.25) is 0 Å². The highest BCUT2D eigenvalue weighted by molar-refractivity contribution is 7.85. The molecule has 0 aromatic carbocycles. The number of pyridine rings is 1.